The van der Waals surface area contributed by atoms with Crippen LogP contribution in [0.2, 0.25) is 0 Å². The molecule has 4 aromatic carbocycles. The fourth-order valence-electron chi connectivity index (χ4n) is 10.3. The van der Waals surface area contributed by atoms with Crippen molar-refractivity contribution in [3.05, 3.63) is 153 Å². The summed E-state index contributed by atoms with van der Waals surface area (Å²) >= 11 is 0. The molecule has 370 valence electrons. The highest BCUT2D eigenvalue weighted by atomic mass is 19.1. The third-order valence-corrected chi connectivity index (χ3v) is 13.4. The summed E-state index contributed by atoms with van der Waals surface area (Å²) in [4.78, 5) is 34.3. The van der Waals surface area contributed by atoms with Crippen LogP contribution < -0.4 is 18.9 Å². The van der Waals surface area contributed by atoms with Crippen molar-refractivity contribution in [3.8, 4) is 23.0 Å². The highest BCUT2D eigenvalue weighted by molar-refractivity contribution is 6.03. The molecule has 8 rings (SSSR count). The fourth-order valence-corrected chi connectivity index (χ4v) is 10.3. The molecule has 4 aromatic rings. The van der Waals surface area contributed by atoms with E-state index in [0.717, 1.165) is 42.4 Å². The van der Waals surface area contributed by atoms with Crippen molar-refractivity contribution >= 4 is 23.4 Å². The van der Waals surface area contributed by atoms with Gasteiger partial charge < -0.3 is 43.6 Å². The molecule has 14 nitrogen and oxygen atoms in total. The van der Waals surface area contributed by atoms with Crippen molar-refractivity contribution in [2.75, 3.05) is 26.6 Å². The Morgan fingerprint density at radius 3 is 2.44 bits per heavy atom. The smallest absolute Gasteiger partial charge is 0.269 e. The number of benzene rings is 4. The lowest BCUT2D eigenvalue weighted by atomic mass is 9.55. The molecule has 0 saturated heterocycles. The molecule has 0 spiro atoms. The zero-order chi connectivity index (χ0) is 49.4. The van der Waals surface area contributed by atoms with Gasteiger partial charge in [0.25, 0.3) is 5.69 Å². The van der Waals surface area contributed by atoms with Crippen LogP contribution in [0.15, 0.2) is 120 Å². The van der Waals surface area contributed by atoms with Crippen LogP contribution in [0.25, 0.3) is 6.08 Å². The summed E-state index contributed by atoms with van der Waals surface area (Å²) in [6, 6.07) is 22.7. The number of nitro groups is 1. The minimum absolute atomic E-state index is 0.00495. The molecule has 2 N–H and O–H groups in total. The Morgan fingerprint density at radius 1 is 0.971 bits per heavy atom. The Morgan fingerprint density at radius 2 is 1.71 bits per heavy atom. The van der Waals surface area contributed by atoms with E-state index in [-0.39, 0.29) is 75.4 Å². The first-order valence-corrected chi connectivity index (χ1v) is 24.1. The van der Waals surface area contributed by atoms with E-state index in [1.54, 1.807) is 53.5 Å². The first kappa shape index (κ1) is 49.9. The molecule has 2 aliphatic carbocycles. The number of hydrogen-bond acceptors (Lipinski definition) is 12. The van der Waals surface area contributed by atoms with Crippen LogP contribution in [0, 0.1) is 33.7 Å². The molecule has 70 heavy (non-hydrogen) atoms. The highest BCUT2D eigenvalue weighted by Crippen LogP contribution is 2.62. The van der Waals surface area contributed by atoms with E-state index in [2.05, 4.69) is 12.7 Å². The van der Waals surface area contributed by atoms with Crippen LogP contribution in [-0.2, 0) is 27.5 Å². The summed E-state index contributed by atoms with van der Waals surface area (Å²) in [5.74, 6) is -1.20. The number of hydrogen-bond donors (Lipinski definition) is 2. The largest absolute Gasteiger partial charge is 0.489 e. The molecule has 0 aromatic heterocycles. The van der Waals surface area contributed by atoms with Gasteiger partial charge in [-0.15, -0.1) is 6.58 Å². The Hall–Kier alpha value is -6.55. The third-order valence-electron chi connectivity index (χ3n) is 13.4. The van der Waals surface area contributed by atoms with E-state index in [1.165, 1.54) is 24.3 Å². The topological polar surface area (TPSA) is 172 Å². The molecule has 1 saturated carbocycles. The lowest BCUT2D eigenvalue weighted by Crippen LogP contribution is -2.70. The lowest BCUT2D eigenvalue weighted by Gasteiger charge is -2.60. The van der Waals surface area contributed by atoms with E-state index in [9.17, 15) is 24.7 Å². The van der Waals surface area contributed by atoms with Crippen LogP contribution in [-0.4, -0.2) is 75.7 Å². The number of oxime groups is 1. The van der Waals surface area contributed by atoms with Gasteiger partial charge in [-0.3, -0.25) is 14.9 Å². The van der Waals surface area contributed by atoms with Crippen molar-refractivity contribution in [3.63, 3.8) is 0 Å². The quantitative estimate of drug-likeness (QED) is 0.0268. The second-order valence-corrected chi connectivity index (χ2v) is 19.2. The second kappa shape index (κ2) is 22.0. The molecule has 1 fully saturated rings. The standard InChI is InChI=1S/C55H62FN3O11/c1-5-28-68-55-50(58(33-37-18-23-48-49(29-37)67-35-66-48)51(62)25-19-36-16-20-40(21-17-36)59(63)64)32-46(57-70-54(2,3)4)43-30-38(12-8-10-26-60)42(14-9-11-27-61)52(53(43)55)44-31-41(22-24-47(44)69-55)65-34-39-13-6-7-15-45(39)56/h5-7,13,15-25,29-31,38,42,50,52-53,60-61H,1,8-12,14,26-28,32-35H2,2-4H3/t38-,42+,50-,52+,53+,55+/m0/s1. The maximum atomic E-state index is 15.3. The number of carbonyl (C=O) groups excluding carboxylic acids is 1. The summed E-state index contributed by atoms with van der Waals surface area (Å²) in [5.41, 5.74) is 3.30. The fraction of sp³-hybridized carbons (Fsp3) is 0.418. The first-order valence-electron chi connectivity index (χ1n) is 24.1. The van der Waals surface area contributed by atoms with Gasteiger partial charge in [-0.25, -0.2) is 4.39 Å². The zero-order valence-electron chi connectivity index (χ0n) is 40.0. The van der Waals surface area contributed by atoms with Gasteiger partial charge in [0.15, 0.2) is 11.5 Å². The Labute approximate surface area is 408 Å². The molecule has 1 amide bonds. The summed E-state index contributed by atoms with van der Waals surface area (Å²) in [7, 11) is 0. The maximum Gasteiger partial charge on any atom is 0.269 e. The summed E-state index contributed by atoms with van der Waals surface area (Å²) in [6.07, 6.45) is 11.3. The Balaban J connectivity index is 1.33. The van der Waals surface area contributed by atoms with Crippen molar-refractivity contribution in [2.45, 2.75) is 102 Å². The molecule has 15 heteroatoms. The van der Waals surface area contributed by atoms with Crippen molar-refractivity contribution in [1.82, 2.24) is 4.90 Å². The van der Waals surface area contributed by atoms with E-state index < -0.39 is 34.2 Å². The minimum Gasteiger partial charge on any atom is -0.489 e. The highest BCUT2D eigenvalue weighted by Gasteiger charge is 2.65. The number of aliphatic hydroxyl groups is 2. The molecule has 4 aliphatic rings. The average molecular weight is 960 g/mol. The van der Waals surface area contributed by atoms with Gasteiger partial charge in [0, 0.05) is 61.4 Å². The number of allylic oxidation sites excluding steroid dienone is 1. The van der Waals surface area contributed by atoms with Crippen LogP contribution in [0.4, 0.5) is 10.1 Å². The summed E-state index contributed by atoms with van der Waals surface area (Å²) in [6.45, 7) is 10.1. The van der Waals surface area contributed by atoms with Crippen LogP contribution in [0.3, 0.4) is 0 Å². The van der Waals surface area contributed by atoms with Crippen molar-refractivity contribution < 1.29 is 52.8 Å². The van der Waals surface area contributed by atoms with Crippen molar-refractivity contribution in [2.24, 2.45) is 22.9 Å². The van der Waals surface area contributed by atoms with Crippen molar-refractivity contribution in [1.29, 1.82) is 0 Å². The molecule has 0 bridgehead atoms. The molecule has 0 unspecified atom stereocenters. The van der Waals surface area contributed by atoms with Gasteiger partial charge in [0.05, 0.1) is 23.2 Å². The van der Waals surface area contributed by atoms with Gasteiger partial charge in [0.1, 0.15) is 35.6 Å². The number of fused-ring (bicyclic) bond motifs is 3. The van der Waals surface area contributed by atoms with Gasteiger partial charge in [-0.2, -0.15) is 0 Å². The first-order chi connectivity index (χ1) is 33.8. The SMILES string of the molecule is C=CCO[C@@]12Oc3ccc(OCc4ccccc4F)cc3[C@H]3[C@H](CCCCO)[C@@H](CCCCO)C=C(C(=NOC(C)(C)C)C[C@@H]1N(Cc1ccc4c(c1)OCO4)C(=O)C=Cc1ccc([N+](=O)[O-])cc1)[C@H]32. The maximum absolute atomic E-state index is 15.3. The summed E-state index contributed by atoms with van der Waals surface area (Å²) < 4.78 is 47.3. The van der Waals surface area contributed by atoms with Gasteiger partial charge in [0.2, 0.25) is 18.5 Å². The number of non-ortho nitro benzene ring substituents is 1. The molecular formula is C55H62FN3O11. The Bertz CT molecular complexity index is 2610. The van der Waals surface area contributed by atoms with Crippen LogP contribution in [0.1, 0.15) is 93.9 Å². The number of rotatable bonds is 21. The monoisotopic (exact) mass is 959 g/mol. The molecule has 2 heterocycles. The number of unbranched alkanes of at least 4 members (excludes halogenated alkanes) is 2. The predicted octanol–water partition coefficient (Wildman–Crippen LogP) is 10.2. The van der Waals surface area contributed by atoms with Crippen LogP contribution >= 0.6 is 0 Å². The lowest BCUT2D eigenvalue weighted by molar-refractivity contribution is -0.384. The molecule has 2 aliphatic heterocycles. The number of nitro benzene ring substituents is 1. The number of amides is 1. The zero-order valence-corrected chi connectivity index (χ0v) is 40.0. The van der Waals surface area contributed by atoms with Crippen LogP contribution in [0.5, 0.6) is 23.0 Å². The minimum atomic E-state index is -1.58. The summed E-state index contributed by atoms with van der Waals surface area (Å²) in [5, 5.41) is 36.5. The van der Waals surface area contributed by atoms with E-state index in [0.29, 0.717) is 52.7 Å². The number of nitrogens with zero attached hydrogens (tertiary/aromatic N) is 3. The van der Waals surface area contributed by atoms with E-state index >= 15 is 4.79 Å². The Kier molecular flexibility index (Phi) is 15.7. The predicted molar refractivity (Wildman–Crippen MR) is 262 cm³/mol. The third kappa shape index (κ3) is 11.1. The molecule has 0 radical (unpaired) electrons. The second-order valence-electron chi connectivity index (χ2n) is 19.2. The van der Waals surface area contributed by atoms with E-state index in [4.69, 9.17) is 33.7 Å². The van der Waals surface area contributed by atoms with Gasteiger partial charge in [-0.1, -0.05) is 54.4 Å². The number of halogens is 1. The number of ether oxygens (including phenoxy) is 5. The number of carbonyl (C=O) groups is 1. The average Bonchev–Trinajstić information content (AvgIpc) is 3.82. The molecular weight excluding hydrogens is 898 g/mol. The molecule has 6 atom stereocenters. The van der Waals surface area contributed by atoms with E-state index in [1.807, 2.05) is 51.1 Å². The van der Waals surface area contributed by atoms with Gasteiger partial charge >= 0.3 is 0 Å². The normalized spacial score (nSPS) is 22.7. The van der Waals surface area contributed by atoms with Gasteiger partial charge in [-0.05, 0) is 130 Å². The number of aliphatic hydroxyl groups excluding tert-OH is 2.